The number of benzene rings is 8. The number of rotatable bonds is 3. The van der Waals surface area contributed by atoms with E-state index < -0.39 is 0 Å². The number of hydrogen-bond donors (Lipinski definition) is 0. The molecule has 0 N–H and O–H groups in total. The summed E-state index contributed by atoms with van der Waals surface area (Å²) in [5.74, 6) is 0. The molecule has 0 atom stereocenters. The number of para-hydroxylation sites is 2. The summed E-state index contributed by atoms with van der Waals surface area (Å²) in [6.07, 6.45) is 0. The topological polar surface area (TPSA) is 32.8 Å². The van der Waals surface area contributed by atoms with Gasteiger partial charge in [-0.2, -0.15) is 0 Å². The lowest BCUT2D eigenvalue weighted by Gasteiger charge is -2.46. The van der Waals surface area contributed by atoms with E-state index in [1.54, 1.807) is 0 Å². The Balaban J connectivity index is 1.29. The maximum Gasteiger partial charge on any atom is 0.337 e. The van der Waals surface area contributed by atoms with Gasteiger partial charge in [-0.25, -0.2) is 0 Å². The third-order valence-corrected chi connectivity index (χ3v) is 14.1. The highest BCUT2D eigenvalue weighted by atomic mass is 16.3. The van der Waals surface area contributed by atoms with Gasteiger partial charge in [-0.3, -0.25) is 0 Å². The van der Waals surface area contributed by atoms with E-state index in [1.807, 2.05) is 0 Å². The average Bonchev–Trinajstić information content (AvgIpc) is 3.86. The van der Waals surface area contributed by atoms with Crippen molar-refractivity contribution in [2.45, 2.75) is 78.6 Å². The largest absolute Gasteiger partial charge is 0.456 e. The smallest absolute Gasteiger partial charge is 0.337 e. The average molecular weight is 845 g/mol. The summed E-state index contributed by atoms with van der Waals surface area (Å²) in [6.45, 7) is 20.4. The molecular formula is C60H53BN2O2. The fraction of sp³-hybridized carbons (Fsp3) is 0.200. The van der Waals surface area contributed by atoms with E-state index in [0.29, 0.717) is 0 Å². The fourth-order valence-corrected chi connectivity index (χ4v) is 10.6. The first-order valence-corrected chi connectivity index (χ1v) is 23.1. The highest BCUT2D eigenvalue weighted by Gasteiger charge is 2.49. The Kier molecular flexibility index (Phi) is 8.39. The van der Waals surface area contributed by atoms with E-state index in [0.717, 1.165) is 83.3 Å². The minimum Gasteiger partial charge on any atom is -0.456 e. The summed E-state index contributed by atoms with van der Waals surface area (Å²) in [7, 11) is 0. The van der Waals surface area contributed by atoms with Crippen molar-refractivity contribution >= 4 is 90.1 Å². The Morgan fingerprint density at radius 3 is 1.58 bits per heavy atom. The summed E-state index contributed by atoms with van der Waals surface area (Å²) in [4.78, 5) is 5.14. The first-order valence-electron chi connectivity index (χ1n) is 23.1. The molecule has 8 aromatic carbocycles. The first kappa shape index (κ1) is 39.6. The molecule has 4 heterocycles. The van der Waals surface area contributed by atoms with Crippen LogP contribution in [0.5, 0.6) is 0 Å². The Labute approximate surface area is 382 Å². The molecule has 0 unspecified atom stereocenters. The van der Waals surface area contributed by atoms with Crippen LogP contribution in [0.15, 0.2) is 167 Å². The second-order valence-corrected chi connectivity index (χ2v) is 21.4. The van der Waals surface area contributed by atoms with Crippen molar-refractivity contribution in [3.8, 4) is 22.3 Å². The molecule has 0 amide bonds. The normalized spacial score (nSPS) is 13.8. The van der Waals surface area contributed by atoms with Gasteiger partial charge in [0.25, 0.3) is 0 Å². The number of hydrogen-bond acceptors (Lipinski definition) is 4. The lowest BCUT2D eigenvalue weighted by Crippen LogP contribution is -2.61. The second-order valence-electron chi connectivity index (χ2n) is 21.4. The van der Waals surface area contributed by atoms with Gasteiger partial charge in [0.1, 0.15) is 22.3 Å². The molecule has 0 aliphatic carbocycles. The van der Waals surface area contributed by atoms with Gasteiger partial charge in [-0.1, -0.05) is 153 Å². The molecule has 318 valence electrons. The Hall–Kier alpha value is -6.98. The van der Waals surface area contributed by atoms with Crippen LogP contribution in [-0.2, 0) is 16.2 Å². The van der Waals surface area contributed by atoms with Crippen molar-refractivity contribution in [2.75, 3.05) is 9.71 Å². The van der Waals surface area contributed by atoms with Crippen LogP contribution in [-0.4, -0.2) is 6.85 Å². The molecule has 12 rings (SSSR count). The molecule has 0 bridgehead atoms. The maximum absolute atomic E-state index is 7.18. The Morgan fingerprint density at radius 1 is 0.400 bits per heavy atom. The molecule has 2 aromatic heterocycles. The lowest BCUT2D eigenvalue weighted by atomic mass is 9.43. The van der Waals surface area contributed by atoms with Crippen molar-refractivity contribution in [1.29, 1.82) is 0 Å². The van der Waals surface area contributed by atoms with Crippen molar-refractivity contribution in [1.82, 2.24) is 0 Å². The van der Waals surface area contributed by atoms with E-state index in [9.17, 15) is 0 Å². The SMILES string of the molecule is CC(C)(C)c1ccc(N2B3c4c(cc5c(oc6ccccc65)c4-c4cc(C(C)(C)C)ccc42)N(c2ccc(C(C)(C)C)cc2-c2ccccc2)c2ccc4c(oc5ccccc54)c23)cc1. The van der Waals surface area contributed by atoms with E-state index in [-0.39, 0.29) is 23.1 Å². The molecule has 10 aromatic rings. The number of anilines is 5. The van der Waals surface area contributed by atoms with E-state index in [1.165, 1.54) is 38.8 Å². The van der Waals surface area contributed by atoms with Gasteiger partial charge in [0.15, 0.2) is 0 Å². The van der Waals surface area contributed by atoms with Crippen LogP contribution in [0, 0.1) is 0 Å². The molecule has 0 radical (unpaired) electrons. The quantitative estimate of drug-likeness (QED) is 0.166. The minimum atomic E-state index is -0.282. The second kappa shape index (κ2) is 13.8. The van der Waals surface area contributed by atoms with Gasteiger partial charge < -0.3 is 18.5 Å². The molecule has 2 aliphatic heterocycles. The zero-order valence-corrected chi connectivity index (χ0v) is 38.8. The molecular weight excluding hydrogens is 791 g/mol. The zero-order valence-electron chi connectivity index (χ0n) is 38.8. The van der Waals surface area contributed by atoms with Crippen molar-refractivity contribution in [3.05, 3.63) is 174 Å². The van der Waals surface area contributed by atoms with E-state index in [2.05, 4.69) is 230 Å². The van der Waals surface area contributed by atoms with Crippen LogP contribution in [0.4, 0.5) is 28.4 Å². The van der Waals surface area contributed by atoms with E-state index in [4.69, 9.17) is 8.83 Å². The molecule has 65 heavy (non-hydrogen) atoms. The van der Waals surface area contributed by atoms with Crippen molar-refractivity contribution in [2.24, 2.45) is 0 Å². The van der Waals surface area contributed by atoms with E-state index >= 15 is 0 Å². The van der Waals surface area contributed by atoms with Gasteiger partial charge >= 0.3 is 6.85 Å². The predicted molar refractivity (Wildman–Crippen MR) is 276 cm³/mol. The highest BCUT2D eigenvalue weighted by molar-refractivity contribution is 6.95. The molecule has 2 aliphatic rings. The zero-order chi connectivity index (χ0) is 44.7. The van der Waals surface area contributed by atoms with Gasteiger partial charge in [0.2, 0.25) is 0 Å². The molecule has 0 saturated heterocycles. The minimum absolute atomic E-state index is 0.00396. The number of fused-ring (bicyclic) bond motifs is 12. The summed E-state index contributed by atoms with van der Waals surface area (Å²) < 4.78 is 14.3. The van der Waals surface area contributed by atoms with Gasteiger partial charge in [0, 0.05) is 66.4 Å². The summed E-state index contributed by atoms with van der Waals surface area (Å²) >= 11 is 0. The summed E-state index contributed by atoms with van der Waals surface area (Å²) in [6, 6.07) is 58.5. The molecule has 4 nitrogen and oxygen atoms in total. The van der Waals surface area contributed by atoms with Crippen molar-refractivity contribution in [3.63, 3.8) is 0 Å². The number of furan rings is 2. The Morgan fingerprint density at radius 2 is 0.938 bits per heavy atom. The molecule has 5 heteroatoms. The van der Waals surface area contributed by atoms with Crippen LogP contribution >= 0.6 is 0 Å². The summed E-state index contributed by atoms with van der Waals surface area (Å²) in [5.41, 5.74) is 19.9. The van der Waals surface area contributed by atoms with Crippen LogP contribution in [0.1, 0.15) is 79.0 Å². The number of nitrogens with zero attached hydrogens (tertiary/aromatic N) is 2. The molecule has 0 saturated carbocycles. The van der Waals surface area contributed by atoms with Crippen molar-refractivity contribution < 1.29 is 8.83 Å². The Bertz CT molecular complexity index is 3560. The van der Waals surface area contributed by atoms with Crippen LogP contribution in [0.25, 0.3) is 66.1 Å². The standard InChI is InChI=1S/C60H53BN2O2/c1-58(2,3)37-23-27-40(28-24-37)63-48-31-26-39(60(7,8)9)34-46(48)53-54-50(35-45-42-20-14-16-22-52(42)64-56(45)53)62(47-30-25-38(59(4,5)6)33-44(47)36-17-11-10-12-18-36)49-32-29-43-41-19-13-15-21-51(41)65-57(43)55(49)61(54)63/h10-35H,1-9H3. The third-order valence-electron chi connectivity index (χ3n) is 14.1. The fourth-order valence-electron chi connectivity index (χ4n) is 10.6. The van der Waals surface area contributed by atoms with Crippen LogP contribution in [0.3, 0.4) is 0 Å². The molecule has 0 fully saturated rings. The van der Waals surface area contributed by atoms with Gasteiger partial charge in [0.05, 0.1) is 5.69 Å². The maximum atomic E-state index is 7.18. The third kappa shape index (κ3) is 5.97. The summed E-state index contributed by atoms with van der Waals surface area (Å²) in [5, 5.41) is 4.44. The monoisotopic (exact) mass is 844 g/mol. The predicted octanol–water partition coefficient (Wildman–Crippen LogP) is 15.8. The van der Waals surface area contributed by atoms with Crippen LogP contribution in [0.2, 0.25) is 0 Å². The van der Waals surface area contributed by atoms with Gasteiger partial charge in [-0.15, -0.1) is 0 Å². The van der Waals surface area contributed by atoms with Gasteiger partial charge in [-0.05, 0) is 111 Å². The van der Waals surface area contributed by atoms with Crippen LogP contribution < -0.4 is 20.6 Å². The lowest BCUT2D eigenvalue weighted by molar-refractivity contribution is 0.590. The first-order chi connectivity index (χ1) is 31.1. The molecule has 0 spiro atoms. The highest BCUT2D eigenvalue weighted by Crippen LogP contribution is 2.53.